The smallest absolute Gasteiger partial charge is 0.309 e. The van der Waals surface area contributed by atoms with Crippen LogP contribution in [0.25, 0.3) is 0 Å². The maximum Gasteiger partial charge on any atom is 0.417 e. The zero-order valence-electron chi connectivity index (χ0n) is 11.4. The molecule has 0 aliphatic rings. The molecule has 120 valence electrons. The molecule has 1 aromatic rings. The first-order valence-corrected chi connectivity index (χ1v) is 6.46. The molecule has 0 bridgehead atoms. The number of halogens is 6. The fourth-order valence-electron chi connectivity index (χ4n) is 1.89. The third-order valence-electron chi connectivity index (χ3n) is 2.87. The molecule has 0 saturated heterocycles. The molecule has 0 aliphatic heterocycles. The molecule has 0 saturated carbocycles. The van der Waals surface area contributed by atoms with Gasteiger partial charge in [0.15, 0.2) is 0 Å². The van der Waals surface area contributed by atoms with Gasteiger partial charge < -0.3 is 5.32 Å². The van der Waals surface area contributed by atoms with Crippen molar-refractivity contribution < 1.29 is 26.3 Å². The minimum absolute atomic E-state index is 0.107. The number of hydrogen-bond acceptors (Lipinski definition) is 2. The summed E-state index contributed by atoms with van der Waals surface area (Å²) in [6.45, 7) is 2.25. The molecule has 1 heterocycles. The molecule has 0 aliphatic carbocycles. The number of alkyl halides is 6. The van der Waals surface area contributed by atoms with E-state index < -0.39 is 30.4 Å². The van der Waals surface area contributed by atoms with Crippen molar-refractivity contribution in [3.05, 3.63) is 29.6 Å². The van der Waals surface area contributed by atoms with Gasteiger partial charge in [0.1, 0.15) is 0 Å². The van der Waals surface area contributed by atoms with E-state index in [0.717, 1.165) is 6.07 Å². The summed E-state index contributed by atoms with van der Waals surface area (Å²) < 4.78 is 73.6. The van der Waals surface area contributed by atoms with Crippen LogP contribution in [-0.2, 0) is 6.18 Å². The number of pyridine rings is 1. The van der Waals surface area contributed by atoms with Crippen LogP contribution in [0.4, 0.5) is 26.3 Å². The fraction of sp³-hybridized carbons (Fsp3) is 0.615. The summed E-state index contributed by atoms with van der Waals surface area (Å²) in [5.74, 6) is 0. The van der Waals surface area contributed by atoms with E-state index in [4.69, 9.17) is 0 Å². The van der Waals surface area contributed by atoms with Crippen LogP contribution in [0.3, 0.4) is 0 Å². The lowest BCUT2D eigenvalue weighted by molar-refractivity contribution is -0.138. The Morgan fingerprint density at radius 1 is 1.14 bits per heavy atom. The van der Waals surface area contributed by atoms with Crippen LogP contribution < -0.4 is 5.32 Å². The summed E-state index contributed by atoms with van der Waals surface area (Å²) >= 11 is 0. The fourth-order valence-corrected chi connectivity index (χ4v) is 1.89. The van der Waals surface area contributed by atoms with Crippen molar-refractivity contribution in [2.75, 3.05) is 6.54 Å². The van der Waals surface area contributed by atoms with E-state index in [0.29, 0.717) is 18.4 Å². The molecule has 2 nitrogen and oxygen atoms in total. The highest BCUT2D eigenvalue weighted by atomic mass is 19.4. The number of nitrogens with one attached hydrogen (secondary N) is 1. The Kier molecular flexibility index (Phi) is 6.00. The lowest BCUT2D eigenvalue weighted by Crippen LogP contribution is -2.22. The van der Waals surface area contributed by atoms with Gasteiger partial charge in [0.25, 0.3) is 0 Å². The first kappa shape index (κ1) is 17.7. The first-order valence-electron chi connectivity index (χ1n) is 6.46. The third kappa shape index (κ3) is 6.33. The van der Waals surface area contributed by atoms with E-state index in [1.54, 1.807) is 6.92 Å². The Morgan fingerprint density at radius 2 is 1.81 bits per heavy atom. The summed E-state index contributed by atoms with van der Waals surface area (Å²) in [5.41, 5.74) is -0.566. The van der Waals surface area contributed by atoms with Crippen molar-refractivity contribution in [1.29, 1.82) is 0 Å². The van der Waals surface area contributed by atoms with Gasteiger partial charge in [-0.1, -0.05) is 6.92 Å². The van der Waals surface area contributed by atoms with Crippen LogP contribution in [0.1, 0.15) is 43.5 Å². The highest BCUT2D eigenvalue weighted by molar-refractivity contribution is 5.19. The standard InChI is InChI=1S/C13H16F6N2/c1-2-20-10(4-3-7-12(14,15)16)11-6-5-9(8-21-11)13(17,18)19/h5-6,8,10,20H,2-4,7H2,1H3. The van der Waals surface area contributed by atoms with Gasteiger partial charge in [0, 0.05) is 18.7 Å². The molecule has 0 fully saturated rings. The van der Waals surface area contributed by atoms with Gasteiger partial charge in [0.05, 0.1) is 11.3 Å². The molecule has 1 aromatic heterocycles. The average molecular weight is 314 g/mol. The highest BCUT2D eigenvalue weighted by Crippen LogP contribution is 2.30. The Balaban J connectivity index is 2.72. The summed E-state index contributed by atoms with van der Waals surface area (Å²) in [7, 11) is 0. The van der Waals surface area contributed by atoms with Gasteiger partial charge in [-0.25, -0.2) is 0 Å². The largest absolute Gasteiger partial charge is 0.417 e. The molecule has 1 N–H and O–H groups in total. The number of hydrogen-bond donors (Lipinski definition) is 1. The molecule has 1 unspecified atom stereocenters. The molecular weight excluding hydrogens is 298 g/mol. The highest BCUT2D eigenvalue weighted by Gasteiger charge is 2.31. The minimum atomic E-state index is -4.48. The first-order chi connectivity index (χ1) is 9.63. The van der Waals surface area contributed by atoms with Crippen molar-refractivity contribution in [2.24, 2.45) is 0 Å². The third-order valence-corrected chi connectivity index (χ3v) is 2.87. The minimum Gasteiger partial charge on any atom is -0.309 e. The zero-order valence-corrected chi connectivity index (χ0v) is 11.4. The van der Waals surface area contributed by atoms with Gasteiger partial charge in [-0.15, -0.1) is 0 Å². The SMILES string of the molecule is CCNC(CCCC(F)(F)F)c1ccc(C(F)(F)F)cn1. The molecule has 1 rings (SSSR count). The lowest BCUT2D eigenvalue weighted by Gasteiger charge is -2.18. The molecule has 0 spiro atoms. The molecule has 0 aromatic carbocycles. The lowest BCUT2D eigenvalue weighted by atomic mass is 10.0. The summed E-state index contributed by atoms with van der Waals surface area (Å²) in [4.78, 5) is 3.72. The summed E-state index contributed by atoms with van der Waals surface area (Å²) in [6, 6.07) is 1.60. The summed E-state index contributed by atoms with van der Waals surface area (Å²) in [5, 5.41) is 2.93. The molecule has 8 heteroatoms. The monoisotopic (exact) mass is 314 g/mol. The van der Waals surface area contributed by atoms with E-state index in [1.165, 1.54) is 6.07 Å². The molecule has 21 heavy (non-hydrogen) atoms. The predicted octanol–water partition coefficient (Wildman–Crippen LogP) is 4.48. The Labute approximate surface area is 118 Å². The molecule has 0 amide bonds. The van der Waals surface area contributed by atoms with E-state index in [9.17, 15) is 26.3 Å². The van der Waals surface area contributed by atoms with E-state index >= 15 is 0 Å². The second kappa shape index (κ2) is 7.11. The maximum absolute atomic E-state index is 12.4. The average Bonchev–Trinajstić information content (AvgIpc) is 2.35. The van der Waals surface area contributed by atoms with Gasteiger partial charge in [0.2, 0.25) is 0 Å². The van der Waals surface area contributed by atoms with E-state index in [1.807, 2.05) is 0 Å². The number of aromatic nitrogens is 1. The van der Waals surface area contributed by atoms with Gasteiger partial charge in [-0.2, -0.15) is 26.3 Å². The van der Waals surface area contributed by atoms with Crippen molar-refractivity contribution in [3.63, 3.8) is 0 Å². The van der Waals surface area contributed by atoms with E-state index in [2.05, 4.69) is 10.3 Å². The van der Waals surface area contributed by atoms with Crippen molar-refractivity contribution in [2.45, 2.75) is 44.6 Å². The van der Waals surface area contributed by atoms with Gasteiger partial charge in [-0.3, -0.25) is 4.98 Å². The Bertz CT molecular complexity index is 424. The maximum atomic E-state index is 12.4. The van der Waals surface area contributed by atoms with Crippen LogP contribution in [-0.4, -0.2) is 17.7 Å². The summed E-state index contributed by atoms with van der Waals surface area (Å²) in [6.07, 6.45) is -8.88. The second-order valence-electron chi connectivity index (χ2n) is 4.59. The quantitative estimate of drug-likeness (QED) is 0.783. The normalized spacial score (nSPS) is 14.2. The second-order valence-corrected chi connectivity index (χ2v) is 4.59. The van der Waals surface area contributed by atoms with Crippen LogP contribution in [0.15, 0.2) is 18.3 Å². The number of rotatable bonds is 6. The van der Waals surface area contributed by atoms with Crippen molar-refractivity contribution >= 4 is 0 Å². The van der Waals surface area contributed by atoms with Gasteiger partial charge in [-0.05, 0) is 31.5 Å². The van der Waals surface area contributed by atoms with Crippen molar-refractivity contribution in [1.82, 2.24) is 10.3 Å². The van der Waals surface area contributed by atoms with Crippen LogP contribution in [0, 0.1) is 0 Å². The molecule has 1 atom stereocenters. The Morgan fingerprint density at radius 3 is 2.24 bits per heavy atom. The van der Waals surface area contributed by atoms with Crippen LogP contribution in [0.2, 0.25) is 0 Å². The molecule has 0 radical (unpaired) electrons. The predicted molar refractivity (Wildman–Crippen MR) is 65.6 cm³/mol. The van der Waals surface area contributed by atoms with Crippen LogP contribution >= 0.6 is 0 Å². The molecular formula is C13H16F6N2. The van der Waals surface area contributed by atoms with Crippen molar-refractivity contribution in [3.8, 4) is 0 Å². The number of nitrogens with zero attached hydrogens (tertiary/aromatic N) is 1. The Hall–Kier alpha value is -1.31. The zero-order chi connectivity index (χ0) is 16.1. The topological polar surface area (TPSA) is 24.9 Å². The van der Waals surface area contributed by atoms with Crippen LogP contribution in [0.5, 0.6) is 0 Å². The van der Waals surface area contributed by atoms with E-state index in [-0.39, 0.29) is 12.8 Å². The van der Waals surface area contributed by atoms with Gasteiger partial charge >= 0.3 is 12.4 Å².